The fourth-order valence-corrected chi connectivity index (χ4v) is 3.50. The van der Waals surface area contributed by atoms with E-state index < -0.39 is 0 Å². The van der Waals surface area contributed by atoms with Crippen molar-refractivity contribution in [2.45, 2.75) is 6.92 Å². The summed E-state index contributed by atoms with van der Waals surface area (Å²) in [6.45, 7) is 1.79. The first-order chi connectivity index (χ1) is 14.0. The summed E-state index contributed by atoms with van der Waals surface area (Å²) in [6.07, 6.45) is 0. The van der Waals surface area contributed by atoms with E-state index in [4.69, 9.17) is 9.26 Å². The van der Waals surface area contributed by atoms with E-state index in [9.17, 15) is 9.18 Å². The maximum Gasteiger partial charge on any atom is 0.270 e. The standard InChI is InChI=1S/C20H15FN4O3S/c1-11-16(19-23-17(25-28-19)12-6-8-14(21)9-7-12)29-20(22-11)24-18(26)13-4-3-5-15(10-13)27-2/h3-10H,1-2H3,(H,22,24,26). The summed E-state index contributed by atoms with van der Waals surface area (Å²) in [6, 6.07) is 12.6. The number of thiazole rings is 1. The molecule has 0 fully saturated rings. The van der Waals surface area contributed by atoms with Crippen molar-refractivity contribution >= 4 is 22.4 Å². The van der Waals surface area contributed by atoms with E-state index in [0.717, 1.165) is 0 Å². The quantitative estimate of drug-likeness (QED) is 0.518. The van der Waals surface area contributed by atoms with Crippen molar-refractivity contribution < 1.29 is 18.4 Å². The number of amides is 1. The second kappa shape index (κ2) is 7.80. The van der Waals surface area contributed by atoms with Crippen LogP contribution in [0.3, 0.4) is 0 Å². The third kappa shape index (κ3) is 3.99. The molecule has 0 spiro atoms. The van der Waals surface area contributed by atoms with Gasteiger partial charge in [-0.3, -0.25) is 10.1 Å². The zero-order chi connectivity index (χ0) is 20.4. The molecule has 2 aromatic carbocycles. The third-order valence-corrected chi connectivity index (χ3v) is 5.13. The van der Waals surface area contributed by atoms with E-state index in [2.05, 4.69) is 20.4 Å². The molecular weight excluding hydrogens is 395 g/mol. The van der Waals surface area contributed by atoms with Crippen LogP contribution in [0.1, 0.15) is 16.1 Å². The molecule has 4 aromatic rings. The van der Waals surface area contributed by atoms with Gasteiger partial charge in [-0.15, -0.1) is 0 Å². The lowest BCUT2D eigenvalue weighted by molar-refractivity contribution is 0.102. The lowest BCUT2D eigenvalue weighted by Gasteiger charge is -2.04. The predicted molar refractivity (Wildman–Crippen MR) is 106 cm³/mol. The largest absolute Gasteiger partial charge is 0.497 e. The number of halogens is 1. The fourth-order valence-electron chi connectivity index (χ4n) is 2.61. The summed E-state index contributed by atoms with van der Waals surface area (Å²) in [5.74, 6) is 0.567. The number of hydrogen-bond acceptors (Lipinski definition) is 7. The number of rotatable bonds is 5. The molecule has 4 rings (SSSR count). The number of anilines is 1. The van der Waals surface area contributed by atoms with Crippen LogP contribution < -0.4 is 10.1 Å². The van der Waals surface area contributed by atoms with E-state index >= 15 is 0 Å². The zero-order valence-corrected chi connectivity index (χ0v) is 16.3. The van der Waals surface area contributed by atoms with Gasteiger partial charge in [0.2, 0.25) is 5.82 Å². The first kappa shape index (κ1) is 18.8. The van der Waals surface area contributed by atoms with Crippen LogP contribution in [-0.4, -0.2) is 28.1 Å². The highest BCUT2D eigenvalue weighted by Gasteiger charge is 2.19. The lowest BCUT2D eigenvalue weighted by atomic mass is 10.2. The average Bonchev–Trinajstić information content (AvgIpc) is 3.35. The molecule has 0 atom stereocenters. The SMILES string of the molecule is COc1cccc(C(=O)Nc2nc(C)c(-c3nc(-c4ccc(F)cc4)no3)s2)c1. The number of carbonyl (C=O) groups excluding carboxylic acids is 1. The minimum absolute atomic E-state index is 0.279. The average molecular weight is 410 g/mol. The van der Waals surface area contributed by atoms with Crippen LogP contribution in [0.25, 0.3) is 22.2 Å². The highest BCUT2D eigenvalue weighted by Crippen LogP contribution is 2.33. The molecule has 7 nitrogen and oxygen atoms in total. The Morgan fingerprint density at radius 2 is 1.97 bits per heavy atom. The summed E-state index contributed by atoms with van der Waals surface area (Å²) in [5, 5.41) is 7.12. The molecular formula is C20H15FN4O3S. The van der Waals surface area contributed by atoms with Gasteiger partial charge in [0, 0.05) is 11.1 Å². The van der Waals surface area contributed by atoms with E-state index in [1.807, 2.05) is 0 Å². The molecule has 0 radical (unpaired) electrons. The summed E-state index contributed by atoms with van der Waals surface area (Å²) < 4.78 is 23.6. The molecule has 0 saturated carbocycles. The summed E-state index contributed by atoms with van der Waals surface area (Å²) >= 11 is 1.23. The van der Waals surface area contributed by atoms with E-state index in [1.54, 1.807) is 43.3 Å². The molecule has 9 heteroatoms. The monoisotopic (exact) mass is 410 g/mol. The van der Waals surface area contributed by atoms with Gasteiger partial charge in [0.05, 0.1) is 12.8 Å². The number of nitrogens with zero attached hydrogens (tertiary/aromatic N) is 3. The highest BCUT2D eigenvalue weighted by molar-refractivity contribution is 7.19. The molecule has 2 aromatic heterocycles. The van der Waals surface area contributed by atoms with Gasteiger partial charge in [-0.05, 0) is 49.4 Å². The highest BCUT2D eigenvalue weighted by atomic mass is 32.1. The maximum absolute atomic E-state index is 13.1. The Morgan fingerprint density at radius 1 is 1.17 bits per heavy atom. The van der Waals surface area contributed by atoms with Gasteiger partial charge in [0.1, 0.15) is 16.4 Å². The van der Waals surface area contributed by atoms with E-state index in [0.29, 0.717) is 38.4 Å². The van der Waals surface area contributed by atoms with Gasteiger partial charge < -0.3 is 9.26 Å². The van der Waals surface area contributed by atoms with Crippen LogP contribution in [0.2, 0.25) is 0 Å². The van der Waals surface area contributed by atoms with Crippen molar-refractivity contribution in [2.24, 2.45) is 0 Å². The maximum atomic E-state index is 13.1. The van der Waals surface area contributed by atoms with Crippen LogP contribution >= 0.6 is 11.3 Å². The number of hydrogen-bond donors (Lipinski definition) is 1. The molecule has 0 aliphatic heterocycles. The van der Waals surface area contributed by atoms with Crippen LogP contribution in [0.4, 0.5) is 9.52 Å². The first-order valence-corrected chi connectivity index (χ1v) is 9.38. The minimum atomic E-state index is -0.341. The topological polar surface area (TPSA) is 90.1 Å². The second-order valence-electron chi connectivity index (χ2n) is 6.05. The van der Waals surface area contributed by atoms with E-state index in [-0.39, 0.29) is 17.6 Å². The van der Waals surface area contributed by atoms with Gasteiger partial charge >= 0.3 is 0 Å². The number of methoxy groups -OCH3 is 1. The van der Waals surface area contributed by atoms with Crippen LogP contribution in [0.15, 0.2) is 53.1 Å². The van der Waals surface area contributed by atoms with Gasteiger partial charge in [0.25, 0.3) is 11.8 Å². The van der Waals surface area contributed by atoms with Gasteiger partial charge in [-0.2, -0.15) is 4.98 Å². The van der Waals surface area contributed by atoms with Crippen molar-refractivity contribution in [3.8, 4) is 27.9 Å². The van der Waals surface area contributed by atoms with E-state index in [1.165, 1.54) is 30.6 Å². The molecule has 1 amide bonds. The molecule has 0 aliphatic carbocycles. The Labute approximate surface area is 169 Å². The number of benzene rings is 2. The van der Waals surface area contributed by atoms with Crippen LogP contribution in [0.5, 0.6) is 5.75 Å². The van der Waals surface area contributed by atoms with Crippen LogP contribution in [0, 0.1) is 12.7 Å². The third-order valence-electron chi connectivity index (χ3n) is 4.07. The molecule has 0 aliphatic rings. The first-order valence-electron chi connectivity index (χ1n) is 8.56. The Balaban J connectivity index is 1.55. The molecule has 0 bridgehead atoms. The lowest BCUT2D eigenvalue weighted by Crippen LogP contribution is -2.11. The Bertz CT molecular complexity index is 1170. The van der Waals surface area contributed by atoms with Crippen molar-refractivity contribution in [3.05, 3.63) is 65.6 Å². The van der Waals surface area contributed by atoms with Crippen molar-refractivity contribution in [1.82, 2.24) is 15.1 Å². The molecule has 0 unspecified atom stereocenters. The molecule has 146 valence electrons. The molecule has 2 heterocycles. The van der Waals surface area contributed by atoms with Crippen molar-refractivity contribution in [3.63, 3.8) is 0 Å². The number of aryl methyl sites for hydroxylation is 1. The van der Waals surface area contributed by atoms with Crippen molar-refractivity contribution in [2.75, 3.05) is 12.4 Å². The predicted octanol–water partition coefficient (Wildman–Crippen LogP) is 4.57. The van der Waals surface area contributed by atoms with Gasteiger partial charge in [-0.25, -0.2) is 9.37 Å². The summed E-state index contributed by atoms with van der Waals surface area (Å²) in [5.41, 5.74) is 1.73. The minimum Gasteiger partial charge on any atom is -0.497 e. The Kier molecular flexibility index (Phi) is 5.05. The fraction of sp³-hybridized carbons (Fsp3) is 0.100. The second-order valence-corrected chi connectivity index (χ2v) is 7.05. The molecule has 29 heavy (non-hydrogen) atoms. The normalized spacial score (nSPS) is 10.7. The number of carbonyl (C=O) groups is 1. The Hall–Kier alpha value is -3.59. The zero-order valence-electron chi connectivity index (χ0n) is 15.5. The summed E-state index contributed by atoms with van der Waals surface area (Å²) in [4.78, 5) is 21.8. The number of nitrogens with one attached hydrogen (secondary N) is 1. The molecule has 0 saturated heterocycles. The number of aromatic nitrogens is 3. The molecule has 1 N–H and O–H groups in total. The smallest absolute Gasteiger partial charge is 0.270 e. The van der Waals surface area contributed by atoms with Gasteiger partial charge in [-0.1, -0.05) is 22.6 Å². The summed E-state index contributed by atoms with van der Waals surface area (Å²) in [7, 11) is 1.54. The van der Waals surface area contributed by atoms with Crippen molar-refractivity contribution in [1.29, 1.82) is 0 Å². The van der Waals surface area contributed by atoms with Gasteiger partial charge in [0.15, 0.2) is 5.13 Å². The Morgan fingerprint density at radius 3 is 2.72 bits per heavy atom. The number of ether oxygens (including phenoxy) is 1. The van der Waals surface area contributed by atoms with Crippen LogP contribution in [-0.2, 0) is 0 Å².